The Bertz CT molecular complexity index is 395. The van der Waals surface area contributed by atoms with E-state index in [1.807, 2.05) is 25.1 Å². The second-order valence-corrected chi connectivity index (χ2v) is 4.20. The van der Waals surface area contributed by atoms with Gasteiger partial charge in [-0.1, -0.05) is 0 Å². The quantitative estimate of drug-likeness (QED) is 0.789. The Balaban J connectivity index is 2.20. The maximum Gasteiger partial charge on any atom is 0.179 e. The summed E-state index contributed by atoms with van der Waals surface area (Å²) in [5.41, 5.74) is 1.78. The molecule has 0 unspecified atom stereocenters. The summed E-state index contributed by atoms with van der Waals surface area (Å²) in [4.78, 5) is 12.1. The molecular weight excluding hydrogens is 202 g/mol. The fourth-order valence-electron chi connectivity index (χ4n) is 2.14. The van der Waals surface area contributed by atoms with Crippen molar-refractivity contribution in [3.8, 4) is 5.75 Å². The first-order valence-corrected chi connectivity index (χ1v) is 5.64. The molecule has 1 fully saturated rings. The number of methoxy groups -OCH3 is 1. The maximum atomic E-state index is 12.1. The van der Waals surface area contributed by atoms with E-state index in [1.165, 1.54) is 0 Å². The summed E-state index contributed by atoms with van der Waals surface area (Å²) in [6, 6.07) is 5.61. The lowest BCUT2D eigenvalue weighted by Gasteiger charge is -2.11. The van der Waals surface area contributed by atoms with E-state index in [9.17, 15) is 4.79 Å². The minimum atomic E-state index is 0.00722. The van der Waals surface area contributed by atoms with Crippen molar-refractivity contribution in [3.63, 3.8) is 0 Å². The number of aryl methyl sites for hydroxylation is 1. The molecule has 0 aliphatic carbocycles. The molecule has 1 saturated heterocycles. The van der Waals surface area contributed by atoms with Crippen molar-refractivity contribution in [1.29, 1.82) is 0 Å². The van der Waals surface area contributed by atoms with Crippen LogP contribution in [0.3, 0.4) is 0 Å². The Morgan fingerprint density at radius 1 is 1.50 bits per heavy atom. The van der Waals surface area contributed by atoms with Gasteiger partial charge < -0.3 is 10.1 Å². The summed E-state index contributed by atoms with van der Waals surface area (Å²) in [5, 5.41) is 3.22. The zero-order valence-electron chi connectivity index (χ0n) is 9.75. The molecule has 0 radical (unpaired) electrons. The van der Waals surface area contributed by atoms with E-state index in [0.29, 0.717) is 0 Å². The largest absolute Gasteiger partial charge is 0.496 e. The molecule has 0 amide bonds. The molecule has 2 rings (SSSR count). The highest BCUT2D eigenvalue weighted by atomic mass is 16.5. The molecule has 0 bridgehead atoms. The van der Waals surface area contributed by atoms with Gasteiger partial charge in [-0.2, -0.15) is 0 Å². The lowest BCUT2D eigenvalue weighted by molar-refractivity contribution is 0.0952. The molecule has 0 aromatic heterocycles. The van der Waals surface area contributed by atoms with Gasteiger partial charge >= 0.3 is 0 Å². The predicted molar refractivity (Wildman–Crippen MR) is 63.1 cm³/mol. The van der Waals surface area contributed by atoms with E-state index in [4.69, 9.17) is 4.74 Å². The summed E-state index contributed by atoms with van der Waals surface area (Å²) in [6.45, 7) is 2.91. The molecular formula is C13H17NO2. The Kier molecular flexibility index (Phi) is 3.25. The molecule has 1 N–H and O–H groups in total. The van der Waals surface area contributed by atoms with Gasteiger partial charge in [0.25, 0.3) is 0 Å². The minimum absolute atomic E-state index is 0.00722. The number of hydrogen-bond donors (Lipinski definition) is 1. The molecule has 1 aliphatic rings. The van der Waals surface area contributed by atoms with E-state index in [1.54, 1.807) is 7.11 Å². The van der Waals surface area contributed by atoms with E-state index in [-0.39, 0.29) is 11.8 Å². The van der Waals surface area contributed by atoms with Gasteiger partial charge in [0.05, 0.1) is 13.2 Å². The standard InChI is InChI=1S/C13H17NO2/c1-9-8-10(5-6-12(9)16-2)13(15)11-4-3-7-14-11/h5-6,8,11,14H,3-4,7H2,1-2H3/t11-/m0/s1. The van der Waals surface area contributed by atoms with Crippen molar-refractivity contribution in [2.75, 3.05) is 13.7 Å². The number of carbonyl (C=O) groups excluding carboxylic acids is 1. The fourth-order valence-corrected chi connectivity index (χ4v) is 2.14. The lowest BCUT2D eigenvalue weighted by atomic mass is 10.0. The van der Waals surface area contributed by atoms with Crippen LogP contribution in [-0.4, -0.2) is 25.5 Å². The lowest BCUT2D eigenvalue weighted by Crippen LogP contribution is -2.30. The molecule has 86 valence electrons. The van der Waals surface area contributed by atoms with Gasteiger partial charge in [0.1, 0.15) is 5.75 Å². The van der Waals surface area contributed by atoms with Crippen molar-refractivity contribution < 1.29 is 9.53 Å². The molecule has 3 heteroatoms. The zero-order chi connectivity index (χ0) is 11.5. The van der Waals surface area contributed by atoms with E-state index >= 15 is 0 Å². The monoisotopic (exact) mass is 219 g/mol. The first-order valence-electron chi connectivity index (χ1n) is 5.64. The van der Waals surface area contributed by atoms with Crippen LogP contribution >= 0.6 is 0 Å². The van der Waals surface area contributed by atoms with Gasteiger partial charge in [0, 0.05) is 5.56 Å². The van der Waals surface area contributed by atoms with Gasteiger partial charge in [0.2, 0.25) is 0 Å². The van der Waals surface area contributed by atoms with Crippen molar-refractivity contribution in [2.24, 2.45) is 0 Å². The number of carbonyl (C=O) groups is 1. The van der Waals surface area contributed by atoms with E-state index in [2.05, 4.69) is 5.32 Å². The van der Waals surface area contributed by atoms with Gasteiger partial charge in [-0.25, -0.2) is 0 Å². The number of Topliss-reactive ketones (excluding diaryl/α,β-unsaturated/α-hetero) is 1. The van der Waals surface area contributed by atoms with Crippen LogP contribution in [-0.2, 0) is 0 Å². The molecule has 1 aliphatic heterocycles. The predicted octanol–water partition coefficient (Wildman–Crippen LogP) is 1.94. The molecule has 1 heterocycles. The molecule has 16 heavy (non-hydrogen) atoms. The Labute approximate surface area is 95.8 Å². The second kappa shape index (κ2) is 4.66. The van der Waals surface area contributed by atoms with Crippen LogP contribution in [0.25, 0.3) is 0 Å². The van der Waals surface area contributed by atoms with Crippen LogP contribution in [0.5, 0.6) is 5.75 Å². The molecule has 1 aromatic rings. The number of hydrogen-bond acceptors (Lipinski definition) is 3. The average molecular weight is 219 g/mol. The normalized spacial score (nSPS) is 19.8. The second-order valence-electron chi connectivity index (χ2n) is 4.20. The molecule has 1 aromatic carbocycles. The maximum absolute atomic E-state index is 12.1. The third-order valence-corrected chi connectivity index (χ3v) is 3.06. The SMILES string of the molecule is COc1ccc(C(=O)[C@@H]2CCCN2)cc1C. The fraction of sp³-hybridized carbons (Fsp3) is 0.462. The first-order chi connectivity index (χ1) is 7.72. The molecule has 0 spiro atoms. The summed E-state index contributed by atoms with van der Waals surface area (Å²) >= 11 is 0. The van der Waals surface area contributed by atoms with Gasteiger partial charge in [0.15, 0.2) is 5.78 Å². The van der Waals surface area contributed by atoms with Gasteiger partial charge in [-0.05, 0) is 50.1 Å². The number of ketones is 1. The van der Waals surface area contributed by atoms with Gasteiger partial charge in [-0.3, -0.25) is 4.79 Å². The highest BCUT2D eigenvalue weighted by Crippen LogP contribution is 2.20. The van der Waals surface area contributed by atoms with Crippen molar-refractivity contribution in [1.82, 2.24) is 5.32 Å². The number of nitrogens with one attached hydrogen (secondary N) is 1. The van der Waals surface area contributed by atoms with Crippen LogP contribution in [0.4, 0.5) is 0 Å². The third-order valence-electron chi connectivity index (χ3n) is 3.06. The van der Waals surface area contributed by atoms with Crippen LogP contribution < -0.4 is 10.1 Å². The number of ether oxygens (including phenoxy) is 1. The highest BCUT2D eigenvalue weighted by Gasteiger charge is 2.23. The van der Waals surface area contributed by atoms with Crippen molar-refractivity contribution in [3.05, 3.63) is 29.3 Å². The van der Waals surface area contributed by atoms with Crippen LogP contribution in [0.2, 0.25) is 0 Å². The first kappa shape index (κ1) is 11.1. The van der Waals surface area contributed by atoms with Crippen molar-refractivity contribution in [2.45, 2.75) is 25.8 Å². The molecule has 0 saturated carbocycles. The van der Waals surface area contributed by atoms with Crippen LogP contribution in [0.1, 0.15) is 28.8 Å². The van der Waals surface area contributed by atoms with Crippen LogP contribution in [0.15, 0.2) is 18.2 Å². The van der Waals surface area contributed by atoms with E-state index < -0.39 is 0 Å². The summed E-state index contributed by atoms with van der Waals surface area (Å²) in [6.07, 6.45) is 2.04. The van der Waals surface area contributed by atoms with Crippen LogP contribution in [0, 0.1) is 6.92 Å². The van der Waals surface area contributed by atoms with Crippen molar-refractivity contribution >= 4 is 5.78 Å². The average Bonchev–Trinajstić information content (AvgIpc) is 2.81. The number of benzene rings is 1. The Morgan fingerprint density at radius 3 is 2.88 bits per heavy atom. The zero-order valence-corrected chi connectivity index (χ0v) is 9.75. The highest BCUT2D eigenvalue weighted by molar-refractivity contribution is 6.00. The Hall–Kier alpha value is -1.35. The molecule has 1 atom stereocenters. The minimum Gasteiger partial charge on any atom is -0.496 e. The summed E-state index contributed by atoms with van der Waals surface area (Å²) < 4.78 is 5.18. The van der Waals surface area contributed by atoms with Gasteiger partial charge in [-0.15, -0.1) is 0 Å². The topological polar surface area (TPSA) is 38.3 Å². The third kappa shape index (κ3) is 2.09. The summed E-state index contributed by atoms with van der Waals surface area (Å²) in [7, 11) is 1.64. The Morgan fingerprint density at radius 2 is 2.31 bits per heavy atom. The number of rotatable bonds is 3. The smallest absolute Gasteiger partial charge is 0.179 e. The van der Waals surface area contributed by atoms with E-state index in [0.717, 1.165) is 36.3 Å². The summed E-state index contributed by atoms with van der Waals surface area (Å²) in [5.74, 6) is 1.03. The molecule has 3 nitrogen and oxygen atoms in total.